The number of benzene rings is 1. The zero-order chi connectivity index (χ0) is 17.5. The zero-order valence-corrected chi connectivity index (χ0v) is 15.0. The third kappa shape index (κ3) is 5.75. The van der Waals surface area contributed by atoms with Crippen LogP contribution in [0.5, 0.6) is 5.75 Å². The summed E-state index contributed by atoms with van der Waals surface area (Å²) >= 11 is 5.88. The van der Waals surface area contributed by atoms with Crippen molar-refractivity contribution < 1.29 is 9.53 Å². The van der Waals surface area contributed by atoms with Crippen LogP contribution in [0.2, 0.25) is 5.02 Å². The molecule has 5 heteroatoms. The Bertz CT molecular complexity index is 697. The predicted molar refractivity (Wildman–Crippen MR) is 99.8 cm³/mol. The maximum Gasteiger partial charge on any atom is 0.225 e. The van der Waals surface area contributed by atoms with E-state index in [4.69, 9.17) is 16.3 Å². The lowest BCUT2D eigenvalue weighted by Gasteiger charge is -2.20. The molecule has 1 fully saturated rings. The Labute approximate surface area is 153 Å². The molecular formula is C20H23ClN2O2. The first-order chi connectivity index (χ1) is 12.2. The largest absolute Gasteiger partial charge is 0.489 e. The fourth-order valence-electron chi connectivity index (χ4n) is 3.16. The normalized spacial score (nSPS) is 14.9. The molecule has 0 atom stereocenters. The van der Waals surface area contributed by atoms with Crippen LogP contribution in [0.25, 0.3) is 0 Å². The van der Waals surface area contributed by atoms with Crippen LogP contribution in [-0.2, 0) is 11.4 Å². The van der Waals surface area contributed by atoms with E-state index in [1.54, 1.807) is 18.3 Å². The van der Waals surface area contributed by atoms with Gasteiger partial charge in [0.1, 0.15) is 18.2 Å². The van der Waals surface area contributed by atoms with Crippen LogP contribution in [-0.4, -0.2) is 10.9 Å². The van der Waals surface area contributed by atoms with Crippen LogP contribution in [0, 0.1) is 5.92 Å². The Kier molecular flexibility index (Phi) is 6.29. The molecule has 1 aromatic carbocycles. The minimum absolute atomic E-state index is 0.0363. The molecule has 1 aliphatic rings. The molecule has 0 unspecified atom stereocenters. The molecule has 1 aliphatic carbocycles. The van der Waals surface area contributed by atoms with Gasteiger partial charge in [0.15, 0.2) is 0 Å². The van der Waals surface area contributed by atoms with E-state index in [2.05, 4.69) is 10.3 Å². The molecule has 0 saturated heterocycles. The lowest BCUT2D eigenvalue weighted by Crippen LogP contribution is -2.18. The molecular weight excluding hydrogens is 336 g/mol. The molecule has 25 heavy (non-hydrogen) atoms. The van der Waals surface area contributed by atoms with Crippen molar-refractivity contribution in [2.24, 2.45) is 5.92 Å². The van der Waals surface area contributed by atoms with Crippen LogP contribution in [0.3, 0.4) is 0 Å². The fourth-order valence-corrected chi connectivity index (χ4v) is 3.29. The van der Waals surface area contributed by atoms with Gasteiger partial charge >= 0.3 is 0 Å². The molecule has 0 bridgehead atoms. The highest BCUT2D eigenvalue weighted by molar-refractivity contribution is 6.30. The van der Waals surface area contributed by atoms with Gasteiger partial charge in [-0.3, -0.25) is 4.79 Å². The SMILES string of the molecule is O=C(CC1CCCCC1)Nc1cc(OCc2ccc(Cl)cc2)ccn1. The second kappa shape index (κ2) is 8.86. The molecule has 1 heterocycles. The first kappa shape index (κ1) is 17.7. The van der Waals surface area contributed by atoms with Crippen LogP contribution in [0.1, 0.15) is 44.1 Å². The van der Waals surface area contributed by atoms with E-state index in [1.807, 2.05) is 24.3 Å². The molecule has 4 nitrogen and oxygen atoms in total. The number of hydrogen-bond donors (Lipinski definition) is 1. The number of hydrogen-bond acceptors (Lipinski definition) is 3. The highest BCUT2D eigenvalue weighted by Gasteiger charge is 2.17. The minimum atomic E-state index is 0.0363. The van der Waals surface area contributed by atoms with Crippen LogP contribution < -0.4 is 10.1 Å². The molecule has 132 valence electrons. The molecule has 1 aromatic heterocycles. The summed E-state index contributed by atoms with van der Waals surface area (Å²) in [6.45, 7) is 0.441. The number of carbonyl (C=O) groups is 1. The van der Waals surface area contributed by atoms with Gasteiger partial charge in [0.05, 0.1) is 0 Å². The lowest BCUT2D eigenvalue weighted by atomic mass is 9.87. The minimum Gasteiger partial charge on any atom is -0.489 e. The fraction of sp³-hybridized carbons (Fsp3) is 0.400. The standard InChI is InChI=1S/C20H23ClN2O2/c21-17-8-6-16(7-9-17)14-25-18-10-11-22-19(13-18)23-20(24)12-15-4-2-1-3-5-15/h6-11,13,15H,1-5,12,14H2,(H,22,23,24). The van der Waals surface area contributed by atoms with Crippen molar-refractivity contribution in [1.82, 2.24) is 4.98 Å². The van der Waals surface area contributed by atoms with Crippen LogP contribution in [0.4, 0.5) is 5.82 Å². The molecule has 1 amide bonds. The summed E-state index contributed by atoms with van der Waals surface area (Å²) in [5.74, 6) is 1.76. The summed E-state index contributed by atoms with van der Waals surface area (Å²) in [7, 11) is 0. The number of nitrogens with one attached hydrogen (secondary N) is 1. The number of carbonyl (C=O) groups excluding carboxylic acids is 1. The Balaban J connectivity index is 1.51. The maximum atomic E-state index is 12.2. The van der Waals surface area contributed by atoms with Crippen LogP contribution in [0.15, 0.2) is 42.6 Å². The van der Waals surface area contributed by atoms with Crippen molar-refractivity contribution in [2.45, 2.75) is 45.1 Å². The van der Waals surface area contributed by atoms with Crippen molar-refractivity contribution in [2.75, 3.05) is 5.32 Å². The van der Waals surface area contributed by atoms with Gasteiger partial charge in [0.2, 0.25) is 5.91 Å². The molecule has 1 saturated carbocycles. The monoisotopic (exact) mass is 358 g/mol. The number of rotatable bonds is 6. The molecule has 3 rings (SSSR count). The van der Waals surface area contributed by atoms with Gasteiger partial charge in [0.25, 0.3) is 0 Å². The molecule has 0 radical (unpaired) electrons. The van der Waals surface area contributed by atoms with Gasteiger partial charge in [-0.15, -0.1) is 0 Å². The highest BCUT2D eigenvalue weighted by Crippen LogP contribution is 2.26. The van der Waals surface area contributed by atoms with E-state index in [-0.39, 0.29) is 5.91 Å². The Morgan fingerprint density at radius 2 is 1.92 bits per heavy atom. The van der Waals surface area contributed by atoms with Gasteiger partial charge in [-0.05, 0) is 42.5 Å². The number of amides is 1. The Morgan fingerprint density at radius 3 is 2.68 bits per heavy atom. The Morgan fingerprint density at radius 1 is 1.16 bits per heavy atom. The van der Waals surface area contributed by atoms with E-state index < -0.39 is 0 Å². The summed E-state index contributed by atoms with van der Waals surface area (Å²) in [4.78, 5) is 16.4. The zero-order valence-electron chi connectivity index (χ0n) is 14.2. The van der Waals surface area contributed by atoms with Gasteiger partial charge in [-0.2, -0.15) is 0 Å². The van der Waals surface area contributed by atoms with Gasteiger partial charge in [-0.25, -0.2) is 4.98 Å². The molecule has 0 spiro atoms. The number of anilines is 1. The van der Waals surface area contributed by atoms with Crippen molar-refractivity contribution >= 4 is 23.3 Å². The second-order valence-corrected chi connectivity index (χ2v) is 6.98. The average Bonchev–Trinajstić information content (AvgIpc) is 2.62. The van der Waals surface area contributed by atoms with Gasteiger partial charge in [-0.1, -0.05) is 43.0 Å². The summed E-state index contributed by atoms with van der Waals surface area (Å²) in [5, 5.41) is 3.59. The van der Waals surface area contributed by atoms with Crippen molar-refractivity contribution in [3.63, 3.8) is 0 Å². The molecule has 0 aliphatic heterocycles. The van der Waals surface area contributed by atoms with E-state index >= 15 is 0 Å². The topological polar surface area (TPSA) is 51.2 Å². The van der Waals surface area contributed by atoms with Crippen molar-refractivity contribution in [1.29, 1.82) is 0 Å². The number of ether oxygens (including phenoxy) is 1. The number of halogens is 1. The molecule has 2 aromatic rings. The van der Waals surface area contributed by atoms with E-state index in [9.17, 15) is 4.79 Å². The van der Waals surface area contributed by atoms with E-state index in [0.29, 0.717) is 35.5 Å². The quantitative estimate of drug-likeness (QED) is 0.769. The average molecular weight is 359 g/mol. The number of pyridine rings is 1. The summed E-state index contributed by atoms with van der Waals surface area (Å²) in [5.41, 5.74) is 1.03. The Hall–Kier alpha value is -2.07. The van der Waals surface area contributed by atoms with Gasteiger partial charge < -0.3 is 10.1 Å². The predicted octanol–water partition coefficient (Wildman–Crippen LogP) is 5.22. The maximum absolute atomic E-state index is 12.2. The van der Waals surface area contributed by atoms with E-state index in [0.717, 1.165) is 18.4 Å². The molecule has 1 N–H and O–H groups in total. The van der Waals surface area contributed by atoms with E-state index in [1.165, 1.54) is 19.3 Å². The third-order valence-electron chi connectivity index (χ3n) is 4.52. The number of nitrogens with zero attached hydrogens (tertiary/aromatic N) is 1. The summed E-state index contributed by atoms with van der Waals surface area (Å²) in [6, 6.07) is 11.1. The lowest BCUT2D eigenvalue weighted by molar-refractivity contribution is -0.117. The smallest absolute Gasteiger partial charge is 0.225 e. The second-order valence-electron chi connectivity index (χ2n) is 6.55. The van der Waals surface area contributed by atoms with Gasteiger partial charge in [0, 0.05) is 23.7 Å². The first-order valence-corrected chi connectivity index (χ1v) is 9.20. The summed E-state index contributed by atoms with van der Waals surface area (Å²) < 4.78 is 5.77. The third-order valence-corrected chi connectivity index (χ3v) is 4.77. The highest BCUT2D eigenvalue weighted by atomic mass is 35.5. The number of aromatic nitrogens is 1. The first-order valence-electron chi connectivity index (χ1n) is 8.82. The summed E-state index contributed by atoms with van der Waals surface area (Å²) in [6.07, 6.45) is 8.32. The van der Waals surface area contributed by atoms with Crippen LogP contribution >= 0.6 is 11.6 Å². The van der Waals surface area contributed by atoms with Crippen molar-refractivity contribution in [3.05, 3.63) is 53.2 Å². The van der Waals surface area contributed by atoms with Crippen molar-refractivity contribution in [3.8, 4) is 5.75 Å².